The Hall–Kier alpha value is -3.27. The number of aryl methyl sites for hydroxylation is 1. The monoisotopic (exact) mass is 619 g/mol. The molecule has 1 unspecified atom stereocenters. The normalized spacial score (nSPS) is 12.4. The van der Waals surface area contributed by atoms with Crippen molar-refractivity contribution in [2.45, 2.75) is 57.6 Å². The number of nitrogens with zero attached hydrogens (tertiary/aromatic N) is 2. The van der Waals surface area contributed by atoms with Crippen LogP contribution in [0.25, 0.3) is 0 Å². The molecule has 1 atom stereocenters. The summed E-state index contributed by atoms with van der Waals surface area (Å²) in [5.41, 5.74) is 1.10. The third-order valence-electron chi connectivity index (χ3n) is 6.24. The smallest absolute Gasteiger partial charge is 0.264 e. The fourth-order valence-corrected chi connectivity index (χ4v) is 5.87. The van der Waals surface area contributed by atoms with E-state index in [1.165, 1.54) is 35.2 Å². The molecule has 0 heterocycles. The minimum absolute atomic E-state index is 0.0211. The molecule has 3 aromatic rings. The second kappa shape index (κ2) is 13.1. The second-order valence-corrected chi connectivity index (χ2v) is 13.4. The summed E-state index contributed by atoms with van der Waals surface area (Å²) in [6, 6.07) is 16.8. The van der Waals surface area contributed by atoms with Crippen molar-refractivity contribution >= 4 is 50.7 Å². The zero-order valence-corrected chi connectivity index (χ0v) is 26.3. The molecule has 1 N–H and O–H groups in total. The zero-order valence-electron chi connectivity index (χ0n) is 23.9. The summed E-state index contributed by atoms with van der Waals surface area (Å²) < 4.78 is 34.1. The van der Waals surface area contributed by atoms with E-state index in [-0.39, 0.29) is 33.1 Å². The Bertz CT molecular complexity index is 1490. The Labute approximate surface area is 252 Å². The Balaban J connectivity index is 2.07. The zero-order chi connectivity index (χ0) is 30.5. The highest BCUT2D eigenvalue weighted by Crippen LogP contribution is 2.33. The maximum absolute atomic E-state index is 14.0. The molecule has 2 amide bonds. The fourth-order valence-electron chi connectivity index (χ4n) is 4.01. The Morgan fingerprint density at radius 1 is 0.976 bits per heavy atom. The molecule has 8 nitrogen and oxygen atoms in total. The molecule has 220 valence electrons. The molecule has 0 aliphatic heterocycles. The van der Waals surface area contributed by atoms with Gasteiger partial charge in [0.1, 0.15) is 18.3 Å². The molecule has 0 radical (unpaired) electrons. The first kappa shape index (κ1) is 32.2. The minimum Gasteiger partial charge on any atom is -0.497 e. The van der Waals surface area contributed by atoms with Crippen LogP contribution in [0.5, 0.6) is 5.75 Å². The van der Waals surface area contributed by atoms with Crippen LogP contribution in [-0.4, -0.2) is 50.4 Å². The van der Waals surface area contributed by atoms with Crippen LogP contribution in [0.4, 0.5) is 5.69 Å². The highest BCUT2D eigenvalue weighted by molar-refractivity contribution is 7.92. The summed E-state index contributed by atoms with van der Waals surface area (Å²) in [7, 11) is -2.72. The van der Waals surface area contributed by atoms with Crippen molar-refractivity contribution in [3.05, 3.63) is 87.9 Å². The number of hydrogen-bond donors (Lipinski definition) is 1. The minimum atomic E-state index is -4.27. The number of benzene rings is 3. The first-order chi connectivity index (χ1) is 19.1. The number of nitrogens with one attached hydrogen (secondary N) is 1. The summed E-state index contributed by atoms with van der Waals surface area (Å²) in [5, 5.41) is 3.24. The van der Waals surface area contributed by atoms with E-state index in [0.29, 0.717) is 5.75 Å². The van der Waals surface area contributed by atoms with Gasteiger partial charge >= 0.3 is 0 Å². The molecule has 0 aliphatic carbocycles. The molecule has 3 rings (SSSR count). The third kappa shape index (κ3) is 8.38. The van der Waals surface area contributed by atoms with E-state index >= 15 is 0 Å². The van der Waals surface area contributed by atoms with Crippen molar-refractivity contribution in [2.24, 2.45) is 0 Å². The van der Waals surface area contributed by atoms with Crippen LogP contribution >= 0.6 is 23.2 Å². The van der Waals surface area contributed by atoms with Crippen molar-refractivity contribution in [1.29, 1.82) is 0 Å². The van der Waals surface area contributed by atoms with Crippen molar-refractivity contribution in [3.8, 4) is 5.75 Å². The Morgan fingerprint density at radius 2 is 1.59 bits per heavy atom. The van der Waals surface area contributed by atoms with Gasteiger partial charge in [-0.2, -0.15) is 0 Å². The maximum Gasteiger partial charge on any atom is 0.264 e. The van der Waals surface area contributed by atoms with Gasteiger partial charge in [0.15, 0.2) is 0 Å². The summed E-state index contributed by atoms with van der Waals surface area (Å²) in [6.07, 6.45) is 0. The number of amides is 2. The molecule has 0 fully saturated rings. The largest absolute Gasteiger partial charge is 0.497 e. The number of carbonyl (C=O) groups is 2. The van der Waals surface area contributed by atoms with Gasteiger partial charge in [-0.1, -0.05) is 53.0 Å². The maximum atomic E-state index is 14.0. The van der Waals surface area contributed by atoms with E-state index in [2.05, 4.69) is 5.32 Å². The average Bonchev–Trinajstić information content (AvgIpc) is 2.91. The molecule has 0 bridgehead atoms. The number of anilines is 1. The van der Waals surface area contributed by atoms with Crippen LogP contribution in [0.1, 0.15) is 38.8 Å². The third-order valence-corrected chi connectivity index (χ3v) is 8.57. The first-order valence-electron chi connectivity index (χ1n) is 12.9. The van der Waals surface area contributed by atoms with Crippen LogP contribution in [0, 0.1) is 6.92 Å². The van der Waals surface area contributed by atoms with E-state index in [0.717, 1.165) is 15.4 Å². The molecule has 0 spiro atoms. The Morgan fingerprint density at radius 3 is 2.15 bits per heavy atom. The number of carbonyl (C=O) groups excluding carboxylic acids is 2. The van der Waals surface area contributed by atoms with Crippen molar-refractivity contribution in [3.63, 3.8) is 0 Å². The van der Waals surface area contributed by atoms with Gasteiger partial charge in [0, 0.05) is 17.1 Å². The fraction of sp³-hybridized carbons (Fsp3) is 0.333. The number of halogens is 2. The van der Waals surface area contributed by atoms with E-state index < -0.39 is 34.1 Å². The molecule has 0 aromatic heterocycles. The summed E-state index contributed by atoms with van der Waals surface area (Å²) >= 11 is 12.7. The quantitative estimate of drug-likeness (QED) is 0.308. The highest BCUT2D eigenvalue weighted by Gasteiger charge is 2.34. The van der Waals surface area contributed by atoms with Gasteiger partial charge in [0.25, 0.3) is 10.0 Å². The van der Waals surface area contributed by atoms with Crippen LogP contribution in [-0.2, 0) is 26.2 Å². The number of rotatable bonds is 10. The average molecular weight is 621 g/mol. The molecule has 11 heteroatoms. The van der Waals surface area contributed by atoms with Gasteiger partial charge in [-0.25, -0.2) is 8.42 Å². The molecule has 0 aliphatic rings. The predicted molar refractivity (Wildman–Crippen MR) is 163 cm³/mol. The number of sulfonamides is 1. The first-order valence-corrected chi connectivity index (χ1v) is 15.1. The molecule has 41 heavy (non-hydrogen) atoms. The van der Waals surface area contributed by atoms with Gasteiger partial charge in [0.2, 0.25) is 11.8 Å². The van der Waals surface area contributed by atoms with Gasteiger partial charge in [-0.05, 0) is 82.6 Å². The lowest BCUT2D eigenvalue weighted by Gasteiger charge is -2.33. The second-order valence-electron chi connectivity index (χ2n) is 10.7. The summed E-state index contributed by atoms with van der Waals surface area (Å²) in [6.45, 7) is 8.38. The van der Waals surface area contributed by atoms with Gasteiger partial charge in [-0.3, -0.25) is 13.9 Å². The number of methoxy groups -OCH3 is 1. The van der Waals surface area contributed by atoms with Crippen molar-refractivity contribution in [2.75, 3.05) is 18.0 Å². The van der Waals surface area contributed by atoms with Crippen LogP contribution in [0.2, 0.25) is 10.0 Å². The number of ether oxygens (including phenoxy) is 1. The van der Waals surface area contributed by atoms with Gasteiger partial charge in [-0.15, -0.1) is 0 Å². The van der Waals surface area contributed by atoms with Gasteiger partial charge in [0.05, 0.1) is 22.7 Å². The topological polar surface area (TPSA) is 96.0 Å². The molecule has 3 aromatic carbocycles. The van der Waals surface area contributed by atoms with Crippen molar-refractivity contribution < 1.29 is 22.7 Å². The van der Waals surface area contributed by atoms with Crippen LogP contribution in [0.15, 0.2) is 71.6 Å². The van der Waals surface area contributed by atoms with Crippen LogP contribution < -0.4 is 14.4 Å². The van der Waals surface area contributed by atoms with E-state index in [4.69, 9.17) is 27.9 Å². The predicted octanol–water partition coefficient (Wildman–Crippen LogP) is 5.84. The van der Waals surface area contributed by atoms with Crippen molar-refractivity contribution in [1.82, 2.24) is 10.2 Å². The molecular weight excluding hydrogens is 585 g/mol. The standard InChI is InChI=1S/C30H35Cl2N3O5S/c1-20-7-14-25(15-8-20)41(38,39)35(27-17-23(31)11-16-26(27)32)19-28(36)34(21(2)29(37)33-30(3,4)5)18-22-9-12-24(40-6)13-10-22/h7-17,21H,18-19H2,1-6H3,(H,33,37). The Kier molecular flexibility index (Phi) is 10.3. The van der Waals surface area contributed by atoms with E-state index in [1.807, 2.05) is 27.7 Å². The van der Waals surface area contributed by atoms with Gasteiger partial charge < -0.3 is 15.0 Å². The molecule has 0 saturated heterocycles. The molecular formula is C30H35Cl2N3O5S. The lowest BCUT2D eigenvalue weighted by molar-refractivity contribution is -0.140. The summed E-state index contributed by atoms with van der Waals surface area (Å²) in [5.74, 6) is -0.353. The lowest BCUT2D eigenvalue weighted by Crippen LogP contribution is -2.54. The van der Waals surface area contributed by atoms with E-state index in [1.54, 1.807) is 50.4 Å². The SMILES string of the molecule is COc1ccc(CN(C(=O)CN(c2cc(Cl)ccc2Cl)S(=O)(=O)c2ccc(C)cc2)C(C)C(=O)NC(C)(C)C)cc1. The summed E-state index contributed by atoms with van der Waals surface area (Å²) in [4.78, 5) is 28.6. The van der Waals surface area contributed by atoms with E-state index in [9.17, 15) is 18.0 Å². The lowest BCUT2D eigenvalue weighted by atomic mass is 10.1. The van der Waals surface area contributed by atoms with Crippen LogP contribution in [0.3, 0.4) is 0 Å². The highest BCUT2D eigenvalue weighted by atomic mass is 35.5. The molecule has 0 saturated carbocycles. The number of hydrogen-bond acceptors (Lipinski definition) is 5.